The van der Waals surface area contributed by atoms with Crippen molar-refractivity contribution < 1.29 is 9.53 Å². The molecule has 1 amide bonds. The molecule has 2 atom stereocenters. The van der Waals surface area contributed by atoms with Crippen molar-refractivity contribution in [3.63, 3.8) is 0 Å². The summed E-state index contributed by atoms with van der Waals surface area (Å²) >= 11 is 0. The molecule has 1 aliphatic rings. The maximum absolute atomic E-state index is 11.2. The van der Waals surface area contributed by atoms with Crippen LogP contribution in [0.1, 0.15) is 17.9 Å². The number of nitrogens with one attached hydrogen (secondary N) is 1. The largest absolute Gasteiger partial charge is 0.375 e. The Morgan fingerprint density at radius 1 is 1.47 bits per heavy atom. The first-order valence-electron chi connectivity index (χ1n) is 5.14. The van der Waals surface area contributed by atoms with E-state index in [4.69, 9.17) is 4.74 Å². The van der Waals surface area contributed by atoms with Crippen molar-refractivity contribution >= 4 is 5.91 Å². The summed E-state index contributed by atoms with van der Waals surface area (Å²) in [6, 6.07) is 10.6. The first-order chi connectivity index (χ1) is 7.31. The minimum Gasteiger partial charge on any atom is -0.375 e. The second-order valence-corrected chi connectivity index (χ2v) is 3.86. The van der Waals surface area contributed by atoms with Crippen molar-refractivity contribution in [2.24, 2.45) is 0 Å². The highest BCUT2D eigenvalue weighted by molar-refractivity contribution is 5.78. The van der Waals surface area contributed by atoms with Gasteiger partial charge in [-0.05, 0) is 12.0 Å². The van der Waals surface area contributed by atoms with Gasteiger partial charge in [-0.3, -0.25) is 4.79 Å². The number of methoxy groups -OCH3 is 1. The van der Waals surface area contributed by atoms with Crippen molar-refractivity contribution in [2.75, 3.05) is 13.7 Å². The number of carbonyl (C=O) groups excluding carboxylic acids is 1. The lowest BCUT2D eigenvalue weighted by Gasteiger charge is -2.03. The van der Waals surface area contributed by atoms with Crippen molar-refractivity contribution in [3.05, 3.63) is 35.9 Å². The van der Waals surface area contributed by atoms with Crippen LogP contribution in [0.4, 0.5) is 0 Å². The summed E-state index contributed by atoms with van der Waals surface area (Å²) < 4.78 is 4.76. The topological polar surface area (TPSA) is 38.3 Å². The maximum atomic E-state index is 11.2. The molecule has 2 rings (SSSR count). The van der Waals surface area contributed by atoms with E-state index in [1.54, 1.807) is 0 Å². The second-order valence-electron chi connectivity index (χ2n) is 3.86. The SMILES string of the molecule is COCC(=O)N[C@H]1C[C@@H]1c1ccccc1. The molecule has 0 heterocycles. The first-order valence-corrected chi connectivity index (χ1v) is 5.14. The molecule has 0 saturated heterocycles. The Bertz CT molecular complexity index is 337. The molecule has 0 spiro atoms. The van der Waals surface area contributed by atoms with Crippen LogP contribution in [0.5, 0.6) is 0 Å². The zero-order chi connectivity index (χ0) is 10.7. The summed E-state index contributed by atoms with van der Waals surface area (Å²) in [6.45, 7) is 0.151. The molecule has 1 aromatic rings. The van der Waals surface area contributed by atoms with Gasteiger partial charge >= 0.3 is 0 Å². The molecule has 0 aliphatic heterocycles. The molecule has 3 nitrogen and oxygen atoms in total. The van der Waals surface area contributed by atoms with Gasteiger partial charge in [0.25, 0.3) is 0 Å². The lowest BCUT2D eigenvalue weighted by molar-refractivity contribution is -0.124. The Balaban J connectivity index is 1.84. The van der Waals surface area contributed by atoms with Crippen LogP contribution in [-0.2, 0) is 9.53 Å². The number of benzene rings is 1. The predicted octanol–water partition coefficient (Wildman–Crippen LogP) is 1.31. The molecule has 1 aromatic carbocycles. The minimum absolute atomic E-state index is 0.0269. The fraction of sp³-hybridized carbons (Fsp3) is 0.417. The monoisotopic (exact) mass is 205 g/mol. The lowest BCUT2D eigenvalue weighted by Crippen LogP contribution is -2.29. The number of carbonyl (C=O) groups is 1. The zero-order valence-corrected chi connectivity index (χ0v) is 8.77. The molecule has 1 aliphatic carbocycles. The zero-order valence-electron chi connectivity index (χ0n) is 8.77. The van der Waals surface area contributed by atoms with Crippen LogP contribution in [0, 0.1) is 0 Å². The second kappa shape index (κ2) is 4.45. The smallest absolute Gasteiger partial charge is 0.246 e. The van der Waals surface area contributed by atoms with Gasteiger partial charge < -0.3 is 10.1 Å². The van der Waals surface area contributed by atoms with Gasteiger partial charge in [-0.15, -0.1) is 0 Å². The molecule has 1 fully saturated rings. The quantitative estimate of drug-likeness (QED) is 0.804. The maximum Gasteiger partial charge on any atom is 0.246 e. The van der Waals surface area contributed by atoms with Crippen LogP contribution < -0.4 is 5.32 Å². The number of hydrogen-bond acceptors (Lipinski definition) is 2. The lowest BCUT2D eigenvalue weighted by atomic mass is 10.1. The van der Waals surface area contributed by atoms with Crippen LogP contribution in [0.2, 0.25) is 0 Å². The van der Waals surface area contributed by atoms with Gasteiger partial charge in [-0.25, -0.2) is 0 Å². The fourth-order valence-electron chi connectivity index (χ4n) is 1.80. The highest BCUT2D eigenvalue weighted by Gasteiger charge is 2.39. The summed E-state index contributed by atoms with van der Waals surface area (Å²) in [6.07, 6.45) is 1.04. The molecule has 0 bridgehead atoms. The van der Waals surface area contributed by atoms with E-state index in [-0.39, 0.29) is 12.5 Å². The third kappa shape index (κ3) is 2.57. The Morgan fingerprint density at radius 2 is 2.20 bits per heavy atom. The molecule has 0 radical (unpaired) electrons. The summed E-state index contributed by atoms with van der Waals surface area (Å²) in [5.74, 6) is 0.466. The average Bonchev–Trinajstić information content (AvgIpc) is 2.99. The third-order valence-electron chi connectivity index (χ3n) is 2.64. The Labute approximate surface area is 89.4 Å². The molecular formula is C12H15NO2. The standard InChI is InChI=1S/C12H15NO2/c1-15-8-12(14)13-11-7-10(11)9-5-3-2-4-6-9/h2-6,10-11H,7-8H2,1H3,(H,13,14)/t10-,11+/m1/s1. The summed E-state index contributed by atoms with van der Waals surface area (Å²) in [5.41, 5.74) is 1.31. The van der Waals surface area contributed by atoms with Crippen molar-refractivity contribution in [1.29, 1.82) is 0 Å². The van der Waals surface area contributed by atoms with Gasteiger partial charge in [0, 0.05) is 19.1 Å². The Hall–Kier alpha value is -1.35. The van der Waals surface area contributed by atoms with Crippen LogP contribution in [0.25, 0.3) is 0 Å². The van der Waals surface area contributed by atoms with Crippen LogP contribution in [-0.4, -0.2) is 25.7 Å². The van der Waals surface area contributed by atoms with E-state index >= 15 is 0 Å². The van der Waals surface area contributed by atoms with Gasteiger partial charge in [0.1, 0.15) is 6.61 Å². The number of rotatable bonds is 4. The predicted molar refractivity (Wildman–Crippen MR) is 57.6 cm³/mol. The number of hydrogen-bond donors (Lipinski definition) is 1. The van der Waals surface area contributed by atoms with Gasteiger partial charge in [-0.1, -0.05) is 30.3 Å². The van der Waals surface area contributed by atoms with Gasteiger partial charge in [0.05, 0.1) is 0 Å². The van der Waals surface area contributed by atoms with Crippen LogP contribution >= 0.6 is 0 Å². The van der Waals surface area contributed by atoms with E-state index in [2.05, 4.69) is 17.4 Å². The molecule has 1 saturated carbocycles. The summed E-state index contributed by atoms with van der Waals surface area (Å²) in [4.78, 5) is 11.2. The minimum atomic E-state index is -0.0269. The van der Waals surface area contributed by atoms with E-state index in [9.17, 15) is 4.79 Å². The summed E-state index contributed by atoms with van der Waals surface area (Å²) in [7, 11) is 1.53. The highest BCUT2D eigenvalue weighted by Crippen LogP contribution is 2.40. The molecule has 80 valence electrons. The van der Waals surface area contributed by atoms with E-state index in [0.717, 1.165) is 6.42 Å². The Kier molecular flexibility index (Phi) is 3.02. The highest BCUT2D eigenvalue weighted by atomic mass is 16.5. The molecular weight excluding hydrogens is 190 g/mol. The average molecular weight is 205 g/mol. The molecule has 1 N–H and O–H groups in total. The van der Waals surface area contributed by atoms with Crippen molar-refractivity contribution in [2.45, 2.75) is 18.4 Å². The van der Waals surface area contributed by atoms with Crippen molar-refractivity contribution in [1.82, 2.24) is 5.32 Å². The molecule has 0 aromatic heterocycles. The third-order valence-corrected chi connectivity index (χ3v) is 2.64. The van der Waals surface area contributed by atoms with Gasteiger partial charge in [0.2, 0.25) is 5.91 Å². The number of ether oxygens (including phenoxy) is 1. The molecule has 15 heavy (non-hydrogen) atoms. The normalized spacial score (nSPS) is 23.5. The van der Waals surface area contributed by atoms with Crippen molar-refractivity contribution in [3.8, 4) is 0 Å². The van der Waals surface area contributed by atoms with E-state index < -0.39 is 0 Å². The number of amides is 1. The van der Waals surface area contributed by atoms with E-state index in [0.29, 0.717) is 12.0 Å². The van der Waals surface area contributed by atoms with Crippen LogP contribution in [0.15, 0.2) is 30.3 Å². The first kappa shape index (κ1) is 10.2. The molecule has 0 unspecified atom stereocenters. The molecule has 3 heteroatoms. The van der Waals surface area contributed by atoms with Gasteiger partial charge in [-0.2, -0.15) is 0 Å². The van der Waals surface area contributed by atoms with Gasteiger partial charge in [0.15, 0.2) is 0 Å². The van der Waals surface area contributed by atoms with E-state index in [1.165, 1.54) is 12.7 Å². The Morgan fingerprint density at radius 3 is 2.87 bits per heavy atom. The summed E-state index contributed by atoms with van der Waals surface area (Å²) in [5, 5.41) is 2.94. The van der Waals surface area contributed by atoms with E-state index in [1.807, 2.05) is 18.2 Å². The fourth-order valence-corrected chi connectivity index (χ4v) is 1.80. The van der Waals surface area contributed by atoms with Crippen LogP contribution in [0.3, 0.4) is 0 Å².